The minimum Gasteiger partial charge on any atom is -0.467 e. The number of para-hydroxylation sites is 1. The standard InChI is InChI=1S/C26H27N3O3/c1-4-23(24-27-22-11-7-6-10-21(22)26(31)28(24)5-2)29(17-20-9-8-16-32-20)25(30)19-14-12-18(3)13-15-19/h6-16,23H,4-5,17H2,1-3H3. The minimum atomic E-state index is -0.397. The molecule has 164 valence electrons. The number of carbonyl (C=O) groups excluding carboxylic acids is 1. The number of rotatable bonds is 7. The average molecular weight is 430 g/mol. The highest BCUT2D eigenvalue weighted by Gasteiger charge is 2.29. The second-order valence-electron chi connectivity index (χ2n) is 7.84. The smallest absolute Gasteiger partial charge is 0.261 e. The van der Waals surface area contributed by atoms with Crippen LogP contribution in [0.3, 0.4) is 0 Å². The fourth-order valence-electron chi connectivity index (χ4n) is 4.04. The predicted molar refractivity (Wildman–Crippen MR) is 124 cm³/mol. The zero-order valence-corrected chi connectivity index (χ0v) is 18.6. The molecule has 0 N–H and O–H groups in total. The van der Waals surface area contributed by atoms with E-state index >= 15 is 0 Å². The Labute approximate surface area is 187 Å². The van der Waals surface area contributed by atoms with Gasteiger partial charge in [-0.2, -0.15) is 0 Å². The molecule has 6 heteroatoms. The predicted octanol–water partition coefficient (Wildman–Crippen LogP) is 5.11. The highest BCUT2D eigenvalue weighted by Crippen LogP contribution is 2.28. The fraction of sp³-hybridized carbons (Fsp3) is 0.269. The lowest BCUT2D eigenvalue weighted by Gasteiger charge is -2.31. The van der Waals surface area contributed by atoms with Crippen LogP contribution < -0.4 is 5.56 Å². The Kier molecular flexibility index (Phi) is 6.21. The van der Waals surface area contributed by atoms with E-state index in [0.29, 0.717) is 41.0 Å². The van der Waals surface area contributed by atoms with Gasteiger partial charge < -0.3 is 9.32 Å². The summed E-state index contributed by atoms with van der Waals surface area (Å²) in [5.41, 5.74) is 2.22. The second-order valence-corrected chi connectivity index (χ2v) is 7.84. The van der Waals surface area contributed by atoms with Crippen LogP contribution in [0.25, 0.3) is 10.9 Å². The number of furan rings is 1. The Morgan fingerprint density at radius 1 is 1.06 bits per heavy atom. The highest BCUT2D eigenvalue weighted by atomic mass is 16.3. The molecule has 2 heterocycles. The summed E-state index contributed by atoms with van der Waals surface area (Å²) in [4.78, 5) is 33.5. The number of aryl methyl sites for hydroxylation is 1. The first-order valence-electron chi connectivity index (χ1n) is 10.9. The molecular formula is C26H27N3O3. The van der Waals surface area contributed by atoms with Crippen LogP contribution >= 0.6 is 0 Å². The quantitative estimate of drug-likeness (QED) is 0.409. The third kappa shape index (κ3) is 4.08. The molecule has 0 aliphatic rings. The molecule has 0 saturated carbocycles. The summed E-state index contributed by atoms with van der Waals surface area (Å²) in [6, 6.07) is 18.1. The van der Waals surface area contributed by atoms with Gasteiger partial charge in [0.2, 0.25) is 0 Å². The molecule has 0 radical (unpaired) electrons. The third-order valence-electron chi connectivity index (χ3n) is 5.73. The van der Waals surface area contributed by atoms with Crippen LogP contribution in [-0.2, 0) is 13.1 Å². The molecule has 1 unspecified atom stereocenters. The lowest BCUT2D eigenvalue weighted by Crippen LogP contribution is -2.38. The first kappa shape index (κ1) is 21.6. The van der Waals surface area contributed by atoms with Crippen LogP contribution in [0, 0.1) is 6.92 Å². The van der Waals surface area contributed by atoms with Crippen molar-refractivity contribution >= 4 is 16.8 Å². The van der Waals surface area contributed by atoms with Crippen molar-refractivity contribution in [3.63, 3.8) is 0 Å². The number of amides is 1. The van der Waals surface area contributed by atoms with Gasteiger partial charge in [0.15, 0.2) is 0 Å². The van der Waals surface area contributed by atoms with Crippen LogP contribution in [0.1, 0.15) is 53.8 Å². The van der Waals surface area contributed by atoms with Gasteiger partial charge in [-0.1, -0.05) is 36.8 Å². The number of aromatic nitrogens is 2. The zero-order chi connectivity index (χ0) is 22.7. The summed E-state index contributed by atoms with van der Waals surface area (Å²) in [7, 11) is 0. The van der Waals surface area contributed by atoms with Gasteiger partial charge in [-0.25, -0.2) is 4.98 Å². The van der Waals surface area contributed by atoms with Crippen LogP contribution in [-0.4, -0.2) is 20.4 Å². The van der Waals surface area contributed by atoms with Gasteiger partial charge in [0, 0.05) is 12.1 Å². The molecule has 2 aromatic heterocycles. The molecule has 0 bridgehead atoms. The number of benzene rings is 2. The summed E-state index contributed by atoms with van der Waals surface area (Å²) in [6.45, 7) is 6.67. The molecule has 0 saturated heterocycles. The molecule has 2 aromatic carbocycles. The molecule has 0 fully saturated rings. The van der Waals surface area contributed by atoms with E-state index in [1.165, 1.54) is 0 Å². The lowest BCUT2D eigenvalue weighted by atomic mass is 10.1. The van der Waals surface area contributed by atoms with Gasteiger partial charge in [-0.05, 0) is 56.7 Å². The van der Waals surface area contributed by atoms with Crippen molar-refractivity contribution in [1.29, 1.82) is 0 Å². The van der Waals surface area contributed by atoms with Crippen LogP contribution in [0.2, 0.25) is 0 Å². The summed E-state index contributed by atoms with van der Waals surface area (Å²) in [5.74, 6) is 1.14. The van der Waals surface area contributed by atoms with Crippen molar-refractivity contribution < 1.29 is 9.21 Å². The van der Waals surface area contributed by atoms with E-state index in [1.54, 1.807) is 27.9 Å². The van der Waals surface area contributed by atoms with Gasteiger partial charge in [-0.3, -0.25) is 14.2 Å². The lowest BCUT2D eigenvalue weighted by molar-refractivity contribution is 0.0621. The molecule has 1 atom stereocenters. The van der Waals surface area contributed by atoms with E-state index in [4.69, 9.17) is 9.40 Å². The third-order valence-corrected chi connectivity index (χ3v) is 5.73. The molecule has 1 amide bonds. The Morgan fingerprint density at radius 3 is 2.47 bits per heavy atom. The molecule has 32 heavy (non-hydrogen) atoms. The van der Waals surface area contributed by atoms with E-state index in [1.807, 2.05) is 69.3 Å². The first-order chi connectivity index (χ1) is 15.5. The molecule has 0 aliphatic heterocycles. The summed E-state index contributed by atoms with van der Waals surface area (Å²) in [5, 5.41) is 0.579. The number of carbonyl (C=O) groups is 1. The van der Waals surface area contributed by atoms with Gasteiger partial charge in [-0.15, -0.1) is 0 Å². The number of hydrogen-bond acceptors (Lipinski definition) is 4. The molecular weight excluding hydrogens is 402 g/mol. The molecule has 0 aliphatic carbocycles. The molecule has 6 nitrogen and oxygen atoms in total. The van der Waals surface area contributed by atoms with E-state index in [-0.39, 0.29) is 18.0 Å². The highest BCUT2D eigenvalue weighted by molar-refractivity contribution is 5.94. The number of hydrogen-bond donors (Lipinski definition) is 0. The topological polar surface area (TPSA) is 68.3 Å². The second kappa shape index (κ2) is 9.22. The van der Waals surface area contributed by atoms with Crippen LogP contribution in [0.15, 0.2) is 76.1 Å². The van der Waals surface area contributed by atoms with Gasteiger partial charge in [0.25, 0.3) is 11.5 Å². The normalized spacial score (nSPS) is 12.1. The first-order valence-corrected chi connectivity index (χ1v) is 10.9. The zero-order valence-electron chi connectivity index (χ0n) is 18.6. The number of fused-ring (bicyclic) bond motifs is 1. The maximum absolute atomic E-state index is 13.7. The van der Waals surface area contributed by atoms with Crippen molar-refractivity contribution in [3.8, 4) is 0 Å². The van der Waals surface area contributed by atoms with Crippen molar-refractivity contribution in [2.75, 3.05) is 0 Å². The number of nitrogens with zero attached hydrogens (tertiary/aromatic N) is 3. The minimum absolute atomic E-state index is 0.0905. The van der Waals surface area contributed by atoms with E-state index < -0.39 is 6.04 Å². The summed E-state index contributed by atoms with van der Waals surface area (Å²) in [6.07, 6.45) is 2.20. The SMILES string of the molecule is CCC(c1nc2ccccc2c(=O)n1CC)N(Cc1ccco1)C(=O)c1ccc(C)cc1. The van der Waals surface area contributed by atoms with E-state index in [2.05, 4.69) is 0 Å². The monoisotopic (exact) mass is 429 g/mol. The van der Waals surface area contributed by atoms with Crippen molar-refractivity contribution in [2.45, 2.75) is 46.3 Å². The van der Waals surface area contributed by atoms with Gasteiger partial charge in [0.05, 0.1) is 29.8 Å². The largest absolute Gasteiger partial charge is 0.467 e. The van der Waals surface area contributed by atoms with Crippen molar-refractivity contribution in [3.05, 3.63) is 100.0 Å². The van der Waals surface area contributed by atoms with E-state index in [9.17, 15) is 9.59 Å². The van der Waals surface area contributed by atoms with Crippen LogP contribution in [0.4, 0.5) is 0 Å². The molecule has 4 aromatic rings. The van der Waals surface area contributed by atoms with Crippen LogP contribution in [0.5, 0.6) is 0 Å². The van der Waals surface area contributed by atoms with Gasteiger partial charge in [0.1, 0.15) is 11.6 Å². The fourth-order valence-corrected chi connectivity index (χ4v) is 4.04. The van der Waals surface area contributed by atoms with Crippen molar-refractivity contribution in [2.24, 2.45) is 0 Å². The maximum Gasteiger partial charge on any atom is 0.261 e. The Morgan fingerprint density at radius 2 is 1.81 bits per heavy atom. The Bertz CT molecular complexity index is 1270. The van der Waals surface area contributed by atoms with Gasteiger partial charge >= 0.3 is 0 Å². The van der Waals surface area contributed by atoms with E-state index in [0.717, 1.165) is 5.56 Å². The summed E-state index contributed by atoms with van der Waals surface area (Å²) >= 11 is 0. The molecule has 0 spiro atoms. The molecule has 4 rings (SSSR count). The Hall–Kier alpha value is -3.67. The average Bonchev–Trinajstić information content (AvgIpc) is 3.32. The maximum atomic E-state index is 13.7. The Balaban J connectivity index is 1.86. The summed E-state index contributed by atoms with van der Waals surface area (Å²) < 4.78 is 7.24. The van der Waals surface area contributed by atoms with Crippen molar-refractivity contribution in [1.82, 2.24) is 14.5 Å².